The molecule has 1 aliphatic heterocycles. The highest BCUT2D eigenvalue weighted by atomic mass is 35.5. The molecule has 1 saturated heterocycles. The third-order valence-electron chi connectivity index (χ3n) is 4.67. The van der Waals surface area contributed by atoms with E-state index in [-0.39, 0.29) is 11.0 Å². The van der Waals surface area contributed by atoms with Crippen molar-refractivity contribution in [1.29, 1.82) is 0 Å². The first-order valence-electron chi connectivity index (χ1n) is 8.53. The van der Waals surface area contributed by atoms with Gasteiger partial charge in [0.1, 0.15) is 9.71 Å². The van der Waals surface area contributed by atoms with E-state index in [9.17, 15) is 9.90 Å². The highest BCUT2D eigenvalue weighted by molar-refractivity contribution is 7.21. The van der Waals surface area contributed by atoms with Crippen LogP contribution >= 0.6 is 22.9 Å². The lowest BCUT2D eigenvalue weighted by atomic mass is 10.1. The van der Waals surface area contributed by atoms with Crippen LogP contribution in [0, 0.1) is 0 Å². The van der Waals surface area contributed by atoms with Crippen molar-refractivity contribution >= 4 is 50.7 Å². The number of amides is 1. The van der Waals surface area contributed by atoms with E-state index < -0.39 is 5.91 Å². The Hall–Kier alpha value is -2.42. The van der Waals surface area contributed by atoms with E-state index in [4.69, 9.17) is 28.1 Å². The lowest BCUT2D eigenvalue weighted by Crippen LogP contribution is -2.36. The SMILES string of the molecule is NC(=O)c1sc2nc(N3CCC(O)CC3)nc(-c3ccc(Cl)cc3)c2c1N. The predicted octanol–water partition coefficient (Wildman–Crippen LogP) is 2.65. The number of primary amides is 1. The third kappa shape index (κ3) is 3.31. The van der Waals surface area contributed by atoms with Gasteiger partial charge in [-0.3, -0.25) is 4.79 Å². The van der Waals surface area contributed by atoms with Gasteiger partial charge in [-0.05, 0) is 25.0 Å². The molecule has 3 aromatic rings. The van der Waals surface area contributed by atoms with Crippen molar-refractivity contribution in [2.24, 2.45) is 5.73 Å². The summed E-state index contributed by atoms with van der Waals surface area (Å²) in [5.41, 5.74) is 13.4. The van der Waals surface area contributed by atoms with Gasteiger partial charge in [0, 0.05) is 23.7 Å². The van der Waals surface area contributed by atoms with Crippen LogP contribution < -0.4 is 16.4 Å². The molecule has 2 aromatic heterocycles. The lowest BCUT2D eigenvalue weighted by molar-refractivity contribution is 0.100. The number of benzene rings is 1. The van der Waals surface area contributed by atoms with Crippen LogP contribution in [0.3, 0.4) is 0 Å². The number of nitrogens with zero attached hydrogens (tertiary/aromatic N) is 3. The Morgan fingerprint density at radius 1 is 1.22 bits per heavy atom. The van der Waals surface area contributed by atoms with Gasteiger partial charge in [0.25, 0.3) is 5.91 Å². The van der Waals surface area contributed by atoms with Crippen molar-refractivity contribution < 1.29 is 9.90 Å². The lowest BCUT2D eigenvalue weighted by Gasteiger charge is -2.29. The minimum absolute atomic E-state index is 0.278. The summed E-state index contributed by atoms with van der Waals surface area (Å²) < 4.78 is 0. The molecule has 4 rings (SSSR count). The molecule has 0 spiro atoms. The maximum absolute atomic E-state index is 11.8. The molecular weight excluding hydrogens is 386 g/mol. The van der Waals surface area contributed by atoms with Gasteiger partial charge in [-0.25, -0.2) is 9.97 Å². The van der Waals surface area contributed by atoms with E-state index in [1.54, 1.807) is 12.1 Å². The topological polar surface area (TPSA) is 118 Å². The van der Waals surface area contributed by atoms with Crippen molar-refractivity contribution in [3.63, 3.8) is 0 Å². The van der Waals surface area contributed by atoms with Gasteiger partial charge in [-0.1, -0.05) is 23.7 Å². The second-order valence-corrected chi connectivity index (χ2v) is 7.92. The third-order valence-corrected chi connectivity index (χ3v) is 6.03. The first kappa shape index (κ1) is 18.0. The molecule has 0 unspecified atom stereocenters. The van der Waals surface area contributed by atoms with E-state index >= 15 is 0 Å². The van der Waals surface area contributed by atoms with Crippen LogP contribution in [0.4, 0.5) is 11.6 Å². The van der Waals surface area contributed by atoms with Gasteiger partial charge >= 0.3 is 0 Å². The van der Waals surface area contributed by atoms with Crippen molar-refractivity contribution in [2.75, 3.05) is 23.7 Å². The molecule has 0 aliphatic carbocycles. The summed E-state index contributed by atoms with van der Waals surface area (Å²) in [6.45, 7) is 1.33. The average molecular weight is 404 g/mol. The fourth-order valence-electron chi connectivity index (χ4n) is 3.22. The fourth-order valence-corrected chi connectivity index (χ4v) is 4.29. The number of nitrogens with two attached hydrogens (primary N) is 2. The zero-order chi connectivity index (χ0) is 19.1. The summed E-state index contributed by atoms with van der Waals surface area (Å²) in [6.07, 6.45) is 1.03. The number of aliphatic hydroxyl groups excluding tert-OH is 1. The van der Waals surface area contributed by atoms with Crippen molar-refractivity contribution in [3.8, 4) is 11.3 Å². The molecule has 1 amide bonds. The van der Waals surface area contributed by atoms with Crippen LogP contribution in [0.25, 0.3) is 21.5 Å². The number of rotatable bonds is 3. The molecule has 9 heteroatoms. The maximum Gasteiger partial charge on any atom is 0.260 e. The predicted molar refractivity (Wildman–Crippen MR) is 108 cm³/mol. The molecule has 1 aromatic carbocycles. The summed E-state index contributed by atoms with van der Waals surface area (Å²) in [5, 5.41) is 11.0. The largest absolute Gasteiger partial charge is 0.397 e. The van der Waals surface area contributed by atoms with Gasteiger partial charge < -0.3 is 21.5 Å². The number of piperidine rings is 1. The number of carbonyl (C=O) groups is 1. The van der Waals surface area contributed by atoms with Gasteiger partial charge in [-0.2, -0.15) is 0 Å². The summed E-state index contributed by atoms with van der Waals surface area (Å²) in [5.74, 6) is -0.0307. The molecule has 1 fully saturated rings. The van der Waals surface area contributed by atoms with Crippen LogP contribution in [0.2, 0.25) is 5.02 Å². The second kappa shape index (κ2) is 6.95. The number of thiophene rings is 1. The Balaban J connectivity index is 1.91. The Kier molecular flexibility index (Phi) is 4.63. The zero-order valence-corrected chi connectivity index (χ0v) is 15.9. The molecule has 5 N–H and O–H groups in total. The number of aliphatic hydroxyl groups is 1. The molecule has 1 aliphatic rings. The molecule has 0 atom stereocenters. The fraction of sp³-hybridized carbons (Fsp3) is 0.278. The monoisotopic (exact) mass is 403 g/mol. The van der Waals surface area contributed by atoms with Crippen LogP contribution in [0.5, 0.6) is 0 Å². The number of carbonyl (C=O) groups excluding carboxylic acids is 1. The average Bonchev–Trinajstić information content (AvgIpc) is 2.99. The quantitative estimate of drug-likeness (QED) is 0.618. The molecule has 140 valence electrons. The van der Waals surface area contributed by atoms with E-state index in [0.717, 1.165) is 5.56 Å². The summed E-state index contributed by atoms with van der Waals surface area (Å²) in [6, 6.07) is 7.27. The molecule has 27 heavy (non-hydrogen) atoms. The number of aromatic nitrogens is 2. The maximum atomic E-state index is 11.8. The zero-order valence-electron chi connectivity index (χ0n) is 14.4. The van der Waals surface area contributed by atoms with Gasteiger partial charge in [0.2, 0.25) is 5.95 Å². The highest BCUT2D eigenvalue weighted by Crippen LogP contribution is 2.39. The first-order valence-corrected chi connectivity index (χ1v) is 9.72. The number of hydrogen-bond acceptors (Lipinski definition) is 7. The van der Waals surface area contributed by atoms with Gasteiger partial charge in [-0.15, -0.1) is 11.3 Å². The Morgan fingerprint density at radius 2 is 1.89 bits per heavy atom. The number of hydrogen-bond donors (Lipinski definition) is 3. The van der Waals surface area contributed by atoms with Crippen LogP contribution in [0.15, 0.2) is 24.3 Å². The summed E-state index contributed by atoms with van der Waals surface area (Å²) in [7, 11) is 0. The molecule has 0 radical (unpaired) electrons. The first-order chi connectivity index (χ1) is 12.9. The van der Waals surface area contributed by atoms with Gasteiger partial charge in [0.15, 0.2) is 0 Å². The normalized spacial score (nSPS) is 15.4. The molecular formula is C18H18ClN5O2S. The molecule has 3 heterocycles. The van der Waals surface area contributed by atoms with Crippen LogP contribution in [-0.2, 0) is 0 Å². The van der Waals surface area contributed by atoms with Crippen molar-refractivity contribution in [1.82, 2.24) is 9.97 Å². The van der Waals surface area contributed by atoms with E-state index in [1.165, 1.54) is 11.3 Å². The molecule has 7 nitrogen and oxygen atoms in total. The Bertz CT molecular complexity index is 1010. The Labute approximate surface area is 164 Å². The van der Waals surface area contributed by atoms with Gasteiger partial charge in [0.05, 0.1) is 22.9 Å². The minimum Gasteiger partial charge on any atom is -0.397 e. The standard InChI is InChI=1S/C18H18ClN5O2S/c19-10-3-1-9(2-4-10)14-12-13(20)15(16(21)26)27-17(12)23-18(22-14)24-7-5-11(25)6-8-24/h1-4,11,25H,5-8,20H2,(H2,21,26). The van der Waals surface area contributed by atoms with Crippen molar-refractivity contribution in [2.45, 2.75) is 18.9 Å². The number of halogens is 1. The second-order valence-electron chi connectivity index (χ2n) is 6.49. The Morgan fingerprint density at radius 3 is 2.52 bits per heavy atom. The number of fused-ring (bicyclic) bond motifs is 1. The van der Waals surface area contributed by atoms with Crippen molar-refractivity contribution in [3.05, 3.63) is 34.2 Å². The van der Waals surface area contributed by atoms with Crippen LogP contribution in [0.1, 0.15) is 22.5 Å². The smallest absolute Gasteiger partial charge is 0.260 e. The molecule has 0 saturated carbocycles. The molecule has 0 bridgehead atoms. The van der Waals surface area contributed by atoms with E-state index in [2.05, 4.69) is 4.98 Å². The highest BCUT2D eigenvalue weighted by Gasteiger charge is 2.24. The van der Waals surface area contributed by atoms with E-state index in [1.807, 2.05) is 17.0 Å². The minimum atomic E-state index is -0.583. The number of anilines is 2. The number of nitrogen functional groups attached to an aromatic ring is 1. The van der Waals surface area contributed by atoms with Crippen LogP contribution in [-0.4, -0.2) is 40.2 Å². The summed E-state index contributed by atoms with van der Waals surface area (Å²) in [4.78, 5) is 24.1. The summed E-state index contributed by atoms with van der Waals surface area (Å²) >= 11 is 7.18. The van der Waals surface area contributed by atoms with E-state index in [0.29, 0.717) is 58.5 Å².